The van der Waals surface area contributed by atoms with E-state index in [0.717, 1.165) is 4.47 Å². The van der Waals surface area contributed by atoms with Crippen LogP contribution in [0.25, 0.3) is 0 Å². The molecule has 21 heavy (non-hydrogen) atoms. The average Bonchev–Trinajstić information content (AvgIpc) is 2.91. The molecule has 0 bridgehead atoms. The van der Waals surface area contributed by atoms with Crippen LogP contribution in [-0.4, -0.2) is 31.4 Å². The SMILES string of the molecule is CN(C)C(CNC(=O)c1cc(N)cc(Br)c1)c1cccs1. The average molecular weight is 368 g/mol. The summed E-state index contributed by atoms with van der Waals surface area (Å²) >= 11 is 5.04. The molecule has 3 N–H and O–H groups in total. The number of hydrogen-bond acceptors (Lipinski definition) is 4. The minimum atomic E-state index is -0.119. The fourth-order valence-electron chi connectivity index (χ4n) is 2.05. The van der Waals surface area contributed by atoms with E-state index in [-0.39, 0.29) is 11.9 Å². The van der Waals surface area contributed by atoms with Gasteiger partial charge >= 0.3 is 0 Å². The normalized spacial score (nSPS) is 12.4. The molecule has 0 aliphatic rings. The Labute approximate surface area is 137 Å². The first-order valence-corrected chi connectivity index (χ1v) is 8.18. The first-order valence-electron chi connectivity index (χ1n) is 6.51. The van der Waals surface area contributed by atoms with E-state index in [1.165, 1.54) is 4.88 Å². The van der Waals surface area contributed by atoms with Crippen molar-refractivity contribution in [2.75, 3.05) is 26.4 Å². The molecule has 0 radical (unpaired) electrons. The summed E-state index contributed by atoms with van der Waals surface area (Å²) in [6, 6.07) is 9.48. The Kier molecular flexibility index (Phi) is 5.39. The lowest BCUT2D eigenvalue weighted by atomic mass is 10.1. The zero-order valence-corrected chi connectivity index (χ0v) is 14.4. The van der Waals surface area contributed by atoms with Crippen LogP contribution >= 0.6 is 27.3 Å². The number of nitrogen functional groups attached to an aromatic ring is 1. The van der Waals surface area contributed by atoms with Crippen molar-refractivity contribution in [2.45, 2.75) is 6.04 Å². The van der Waals surface area contributed by atoms with Gasteiger partial charge < -0.3 is 16.0 Å². The highest BCUT2D eigenvalue weighted by Crippen LogP contribution is 2.23. The number of nitrogens with zero attached hydrogens (tertiary/aromatic N) is 1. The standard InChI is InChI=1S/C15H18BrN3OS/c1-19(2)13(14-4-3-5-21-14)9-18-15(20)10-6-11(16)8-12(17)7-10/h3-8,13H,9,17H2,1-2H3,(H,18,20). The third-order valence-corrected chi connectivity index (χ3v) is 4.56. The molecule has 1 atom stereocenters. The van der Waals surface area contributed by atoms with Crippen LogP contribution < -0.4 is 11.1 Å². The van der Waals surface area contributed by atoms with Gasteiger partial charge in [-0.3, -0.25) is 4.79 Å². The topological polar surface area (TPSA) is 58.4 Å². The van der Waals surface area contributed by atoms with E-state index in [4.69, 9.17) is 5.73 Å². The summed E-state index contributed by atoms with van der Waals surface area (Å²) in [5, 5.41) is 5.02. The van der Waals surface area contributed by atoms with Crippen LogP contribution in [0, 0.1) is 0 Å². The number of thiophene rings is 1. The van der Waals surface area contributed by atoms with Gasteiger partial charge in [0.2, 0.25) is 0 Å². The molecule has 112 valence electrons. The Morgan fingerprint density at radius 2 is 2.19 bits per heavy atom. The van der Waals surface area contributed by atoms with Gasteiger partial charge in [-0.1, -0.05) is 22.0 Å². The van der Waals surface area contributed by atoms with Gasteiger partial charge in [-0.15, -0.1) is 11.3 Å². The van der Waals surface area contributed by atoms with Crippen LogP contribution in [0.3, 0.4) is 0 Å². The summed E-state index contributed by atoms with van der Waals surface area (Å²) in [5.41, 5.74) is 6.89. The number of likely N-dealkylation sites (N-methyl/N-ethyl adjacent to an activating group) is 1. The zero-order chi connectivity index (χ0) is 15.4. The lowest BCUT2D eigenvalue weighted by molar-refractivity contribution is 0.0942. The van der Waals surface area contributed by atoms with Crippen molar-refractivity contribution in [3.8, 4) is 0 Å². The van der Waals surface area contributed by atoms with Gasteiger partial charge in [0.15, 0.2) is 0 Å². The molecule has 1 unspecified atom stereocenters. The summed E-state index contributed by atoms with van der Waals surface area (Å²) in [4.78, 5) is 15.6. The van der Waals surface area contributed by atoms with E-state index in [9.17, 15) is 4.79 Å². The van der Waals surface area contributed by atoms with Crippen LogP contribution in [0.4, 0.5) is 5.69 Å². The molecule has 1 aromatic carbocycles. The fraction of sp³-hybridized carbons (Fsp3) is 0.267. The quantitative estimate of drug-likeness (QED) is 0.798. The second kappa shape index (κ2) is 7.06. The van der Waals surface area contributed by atoms with E-state index >= 15 is 0 Å². The first-order chi connectivity index (χ1) is 9.97. The Hall–Kier alpha value is -1.37. The third kappa shape index (κ3) is 4.30. The number of nitrogens with two attached hydrogens (primary N) is 1. The predicted octanol–water partition coefficient (Wildman–Crippen LogP) is 3.13. The van der Waals surface area contributed by atoms with Crippen molar-refractivity contribution < 1.29 is 4.79 Å². The summed E-state index contributed by atoms with van der Waals surface area (Å²) in [6.45, 7) is 0.554. The minimum absolute atomic E-state index is 0.119. The monoisotopic (exact) mass is 367 g/mol. The summed E-state index contributed by atoms with van der Waals surface area (Å²) < 4.78 is 0.801. The highest BCUT2D eigenvalue weighted by Gasteiger charge is 2.17. The van der Waals surface area contributed by atoms with Gasteiger partial charge in [0.1, 0.15) is 0 Å². The molecule has 1 heterocycles. The first kappa shape index (κ1) is 16.0. The number of benzene rings is 1. The molecule has 0 saturated heterocycles. The van der Waals surface area contributed by atoms with Crippen LogP contribution in [0.2, 0.25) is 0 Å². The van der Waals surface area contributed by atoms with Gasteiger partial charge in [-0.2, -0.15) is 0 Å². The highest BCUT2D eigenvalue weighted by molar-refractivity contribution is 9.10. The number of anilines is 1. The smallest absolute Gasteiger partial charge is 0.251 e. The predicted molar refractivity (Wildman–Crippen MR) is 91.6 cm³/mol. The third-order valence-electron chi connectivity index (χ3n) is 3.13. The number of carbonyl (C=O) groups excluding carboxylic acids is 1. The van der Waals surface area contributed by atoms with E-state index in [1.54, 1.807) is 29.5 Å². The fourth-order valence-corrected chi connectivity index (χ4v) is 3.49. The Morgan fingerprint density at radius 3 is 2.76 bits per heavy atom. The summed E-state index contributed by atoms with van der Waals surface area (Å²) in [7, 11) is 4.02. The molecular weight excluding hydrogens is 350 g/mol. The molecule has 0 aliphatic carbocycles. The van der Waals surface area contributed by atoms with E-state index < -0.39 is 0 Å². The molecule has 6 heteroatoms. The lowest BCUT2D eigenvalue weighted by Gasteiger charge is -2.23. The van der Waals surface area contributed by atoms with Gasteiger partial charge in [0, 0.05) is 27.1 Å². The van der Waals surface area contributed by atoms with Crippen LogP contribution in [0.15, 0.2) is 40.2 Å². The molecule has 1 aromatic heterocycles. The summed E-state index contributed by atoms with van der Waals surface area (Å²) in [6.07, 6.45) is 0. The van der Waals surface area contributed by atoms with Crippen LogP contribution in [0.1, 0.15) is 21.3 Å². The van der Waals surface area contributed by atoms with Crippen LogP contribution in [-0.2, 0) is 0 Å². The zero-order valence-electron chi connectivity index (χ0n) is 12.0. The van der Waals surface area contributed by atoms with E-state index in [0.29, 0.717) is 17.8 Å². The largest absolute Gasteiger partial charge is 0.399 e. The van der Waals surface area contributed by atoms with Crippen molar-refractivity contribution in [3.05, 3.63) is 50.6 Å². The van der Waals surface area contributed by atoms with E-state index in [2.05, 4.69) is 32.2 Å². The lowest BCUT2D eigenvalue weighted by Crippen LogP contribution is -2.34. The van der Waals surface area contributed by atoms with Crippen molar-refractivity contribution in [3.63, 3.8) is 0 Å². The van der Waals surface area contributed by atoms with Crippen molar-refractivity contribution in [2.24, 2.45) is 0 Å². The molecule has 2 aromatic rings. The highest BCUT2D eigenvalue weighted by atomic mass is 79.9. The number of halogens is 1. The maximum Gasteiger partial charge on any atom is 0.251 e. The molecule has 0 aliphatic heterocycles. The van der Waals surface area contributed by atoms with Crippen molar-refractivity contribution in [1.82, 2.24) is 10.2 Å². The van der Waals surface area contributed by atoms with Crippen LogP contribution in [0.5, 0.6) is 0 Å². The van der Waals surface area contributed by atoms with Gasteiger partial charge in [-0.25, -0.2) is 0 Å². The maximum absolute atomic E-state index is 12.2. The van der Waals surface area contributed by atoms with Gasteiger partial charge in [0.05, 0.1) is 6.04 Å². The number of rotatable bonds is 5. The Morgan fingerprint density at radius 1 is 1.43 bits per heavy atom. The molecule has 4 nitrogen and oxygen atoms in total. The number of nitrogens with one attached hydrogen (secondary N) is 1. The number of amides is 1. The van der Waals surface area contributed by atoms with Gasteiger partial charge in [0.25, 0.3) is 5.91 Å². The number of hydrogen-bond donors (Lipinski definition) is 2. The second-order valence-electron chi connectivity index (χ2n) is 4.98. The van der Waals surface area contributed by atoms with Gasteiger partial charge in [-0.05, 0) is 43.7 Å². The molecule has 2 rings (SSSR count). The van der Waals surface area contributed by atoms with Crippen molar-refractivity contribution >= 4 is 38.9 Å². The second-order valence-corrected chi connectivity index (χ2v) is 6.87. The molecule has 0 fully saturated rings. The molecule has 1 amide bonds. The molecule has 0 spiro atoms. The Bertz CT molecular complexity index is 593. The summed E-state index contributed by atoms with van der Waals surface area (Å²) in [5.74, 6) is -0.119. The Balaban J connectivity index is 2.05. The minimum Gasteiger partial charge on any atom is -0.399 e. The molecular formula is C15H18BrN3OS. The van der Waals surface area contributed by atoms with E-state index in [1.807, 2.05) is 25.5 Å². The maximum atomic E-state index is 12.2. The number of carbonyl (C=O) groups is 1. The van der Waals surface area contributed by atoms with Crippen molar-refractivity contribution in [1.29, 1.82) is 0 Å². The molecule has 0 saturated carbocycles.